The standard InChI is InChI=1S/C19H30N4S/c1-3-5-7-9-13-20-17-16-12-11-14-21-18(16)23-19(22-17)24-15-10-8-6-4-2/h11-12,14H,3-10,13,15H2,1-2H3,(H,20,21,22,23). The molecule has 0 bridgehead atoms. The average molecular weight is 347 g/mol. The Morgan fingerprint density at radius 2 is 1.75 bits per heavy atom. The van der Waals surface area contributed by atoms with Crippen LogP contribution >= 0.6 is 11.8 Å². The molecule has 0 aliphatic rings. The van der Waals surface area contributed by atoms with Crippen molar-refractivity contribution in [2.45, 2.75) is 70.4 Å². The Hall–Kier alpha value is -1.36. The average Bonchev–Trinajstić information content (AvgIpc) is 2.61. The monoisotopic (exact) mass is 346 g/mol. The van der Waals surface area contributed by atoms with Crippen LogP contribution < -0.4 is 5.32 Å². The topological polar surface area (TPSA) is 50.7 Å². The van der Waals surface area contributed by atoms with Crippen LogP contribution in [0.15, 0.2) is 23.5 Å². The van der Waals surface area contributed by atoms with Gasteiger partial charge in [0.15, 0.2) is 10.8 Å². The molecule has 0 saturated heterocycles. The minimum Gasteiger partial charge on any atom is -0.369 e. The molecule has 0 aromatic carbocycles. The zero-order valence-electron chi connectivity index (χ0n) is 15.1. The molecule has 5 heteroatoms. The first kappa shape index (κ1) is 19.0. The van der Waals surface area contributed by atoms with E-state index in [0.717, 1.165) is 34.3 Å². The van der Waals surface area contributed by atoms with Gasteiger partial charge in [0.1, 0.15) is 5.82 Å². The van der Waals surface area contributed by atoms with Gasteiger partial charge in [-0.25, -0.2) is 15.0 Å². The molecule has 132 valence electrons. The molecule has 0 fully saturated rings. The molecule has 0 amide bonds. The molecule has 0 saturated carbocycles. The summed E-state index contributed by atoms with van der Waals surface area (Å²) in [5, 5.41) is 5.35. The minimum atomic E-state index is 0.791. The summed E-state index contributed by atoms with van der Waals surface area (Å²) in [5.74, 6) is 2.01. The normalized spacial score (nSPS) is 11.1. The van der Waals surface area contributed by atoms with Gasteiger partial charge in [0.25, 0.3) is 0 Å². The van der Waals surface area contributed by atoms with Gasteiger partial charge >= 0.3 is 0 Å². The lowest BCUT2D eigenvalue weighted by atomic mass is 10.2. The Morgan fingerprint density at radius 1 is 0.958 bits per heavy atom. The van der Waals surface area contributed by atoms with E-state index in [1.54, 1.807) is 18.0 Å². The maximum Gasteiger partial charge on any atom is 0.191 e. The summed E-state index contributed by atoms with van der Waals surface area (Å²) in [4.78, 5) is 13.8. The maximum atomic E-state index is 4.74. The van der Waals surface area contributed by atoms with Gasteiger partial charge in [-0.1, -0.05) is 64.1 Å². The molecule has 2 aromatic heterocycles. The predicted octanol–water partition coefficient (Wildman–Crippen LogP) is 5.69. The van der Waals surface area contributed by atoms with Crippen LogP contribution in [0.3, 0.4) is 0 Å². The Balaban J connectivity index is 1.98. The van der Waals surface area contributed by atoms with Crippen molar-refractivity contribution in [3.63, 3.8) is 0 Å². The number of unbranched alkanes of at least 4 members (excludes halogenated alkanes) is 6. The lowest BCUT2D eigenvalue weighted by Crippen LogP contribution is -2.06. The zero-order valence-corrected chi connectivity index (χ0v) is 15.9. The molecule has 2 heterocycles. The van der Waals surface area contributed by atoms with Crippen LogP contribution in [0.5, 0.6) is 0 Å². The molecule has 24 heavy (non-hydrogen) atoms. The van der Waals surface area contributed by atoms with Crippen LogP contribution in [0, 0.1) is 0 Å². The summed E-state index contributed by atoms with van der Waals surface area (Å²) in [5.41, 5.74) is 0.791. The van der Waals surface area contributed by atoms with E-state index in [2.05, 4.69) is 29.1 Å². The van der Waals surface area contributed by atoms with E-state index in [-0.39, 0.29) is 0 Å². The van der Waals surface area contributed by atoms with E-state index in [1.165, 1.54) is 51.4 Å². The number of hydrogen-bond donors (Lipinski definition) is 1. The molecule has 0 aliphatic carbocycles. The van der Waals surface area contributed by atoms with Crippen molar-refractivity contribution >= 4 is 28.6 Å². The number of nitrogens with zero attached hydrogens (tertiary/aromatic N) is 3. The molecular weight excluding hydrogens is 316 g/mol. The van der Waals surface area contributed by atoms with Crippen molar-refractivity contribution in [1.29, 1.82) is 0 Å². The number of pyridine rings is 1. The number of thioether (sulfide) groups is 1. The van der Waals surface area contributed by atoms with Crippen LogP contribution in [0.4, 0.5) is 5.82 Å². The molecule has 0 spiro atoms. The van der Waals surface area contributed by atoms with Crippen molar-refractivity contribution in [3.05, 3.63) is 18.3 Å². The fourth-order valence-corrected chi connectivity index (χ4v) is 3.43. The Labute approximate surface area is 150 Å². The molecule has 2 rings (SSSR count). The van der Waals surface area contributed by atoms with Crippen LogP contribution in [0.2, 0.25) is 0 Å². The van der Waals surface area contributed by atoms with Crippen molar-refractivity contribution in [1.82, 2.24) is 15.0 Å². The number of hydrogen-bond acceptors (Lipinski definition) is 5. The molecule has 2 aromatic rings. The highest BCUT2D eigenvalue weighted by Crippen LogP contribution is 2.24. The van der Waals surface area contributed by atoms with Gasteiger partial charge in [0.05, 0.1) is 5.39 Å². The Bertz CT molecular complexity index is 603. The van der Waals surface area contributed by atoms with Gasteiger partial charge in [-0.3, -0.25) is 0 Å². The predicted molar refractivity (Wildman–Crippen MR) is 105 cm³/mol. The minimum absolute atomic E-state index is 0.791. The SMILES string of the molecule is CCCCCCNc1nc(SCCCCCC)nc2ncccc12. The lowest BCUT2D eigenvalue weighted by molar-refractivity contribution is 0.684. The van der Waals surface area contributed by atoms with Crippen molar-refractivity contribution in [3.8, 4) is 0 Å². The van der Waals surface area contributed by atoms with E-state index < -0.39 is 0 Å². The number of nitrogens with one attached hydrogen (secondary N) is 1. The third-order valence-electron chi connectivity index (χ3n) is 4.00. The van der Waals surface area contributed by atoms with E-state index in [9.17, 15) is 0 Å². The first-order valence-electron chi connectivity index (χ1n) is 9.34. The van der Waals surface area contributed by atoms with E-state index in [4.69, 9.17) is 4.98 Å². The quantitative estimate of drug-likeness (QED) is 0.304. The summed E-state index contributed by atoms with van der Waals surface area (Å²) in [6, 6.07) is 4.00. The van der Waals surface area contributed by atoms with Gasteiger partial charge in [-0.05, 0) is 25.0 Å². The van der Waals surface area contributed by atoms with Gasteiger partial charge < -0.3 is 5.32 Å². The largest absolute Gasteiger partial charge is 0.369 e. The van der Waals surface area contributed by atoms with Crippen molar-refractivity contribution in [2.24, 2.45) is 0 Å². The summed E-state index contributed by atoms with van der Waals surface area (Å²) >= 11 is 1.74. The maximum absolute atomic E-state index is 4.74. The smallest absolute Gasteiger partial charge is 0.191 e. The van der Waals surface area contributed by atoms with Gasteiger partial charge in [-0.2, -0.15) is 0 Å². The van der Waals surface area contributed by atoms with Crippen LogP contribution in [0.1, 0.15) is 65.2 Å². The number of aromatic nitrogens is 3. The molecule has 0 radical (unpaired) electrons. The third-order valence-corrected chi connectivity index (χ3v) is 4.94. The second kappa shape index (κ2) is 11.2. The highest BCUT2D eigenvalue weighted by Gasteiger charge is 2.08. The molecule has 0 atom stereocenters. The molecule has 1 N–H and O–H groups in total. The number of rotatable bonds is 12. The van der Waals surface area contributed by atoms with Crippen molar-refractivity contribution in [2.75, 3.05) is 17.6 Å². The van der Waals surface area contributed by atoms with Crippen LogP contribution in [-0.4, -0.2) is 27.2 Å². The fourth-order valence-electron chi connectivity index (χ4n) is 2.59. The first-order valence-corrected chi connectivity index (χ1v) is 10.3. The summed E-state index contributed by atoms with van der Waals surface area (Å²) in [7, 11) is 0. The Kier molecular flexibility index (Phi) is 8.88. The van der Waals surface area contributed by atoms with E-state index in [0.29, 0.717) is 0 Å². The van der Waals surface area contributed by atoms with Crippen molar-refractivity contribution < 1.29 is 0 Å². The second-order valence-corrected chi connectivity index (χ2v) is 7.19. The van der Waals surface area contributed by atoms with Gasteiger partial charge in [-0.15, -0.1) is 0 Å². The Morgan fingerprint density at radius 3 is 2.54 bits per heavy atom. The highest BCUT2D eigenvalue weighted by molar-refractivity contribution is 7.99. The van der Waals surface area contributed by atoms with E-state index >= 15 is 0 Å². The number of fused-ring (bicyclic) bond motifs is 1. The lowest BCUT2D eigenvalue weighted by Gasteiger charge is -2.10. The first-order chi connectivity index (χ1) is 11.8. The summed E-state index contributed by atoms with van der Waals surface area (Å²) in [6.07, 6.45) is 11.9. The molecule has 0 unspecified atom stereocenters. The van der Waals surface area contributed by atoms with Gasteiger partial charge in [0.2, 0.25) is 0 Å². The summed E-state index contributed by atoms with van der Waals surface area (Å²) < 4.78 is 0. The fraction of sp³-hybridized carbons (Fsp3) is 0.632. The highest BCUT2D eigenvalue weighted by atomic mass is 32.2. The van der Waals surface area contributed by atoms with E-state index in [1.807, 2.05) is 12.1 Å². The van der Waals surface area contributed by atoms with Crippen LogP contribution in [-0.2, 0) is 0 Å². The van der Waals surface area contributed by atoms with Crippen LogP contribution in [0.25, 0.3) is 11.0 Å². The molecule has 4 nitrogen and oxygen atoms in total. The zero-order chi connectivity index (χ0) is 17.0. The second-order valence-electron chi connectivity index (χ2n) is 6.13. The number of anilines is 1. The molecule has 0 aliphatic heterocycles. The summed E-state index contributed by atoms with van der Waals surface area (Å²) in [6.45, 7) is 5.44. The third kappa shape index (κ3) is 6.27. The molecular formula is C19H30N4S. The van der Waals surface area contributed by atoms with Gasteiger partial charge in [0, 0.05) is 18.5 Å².